The highest BCUT2D eigenvalue weighted by Gasteiger charge is 2.56. The van der Waals surface area contributed by atoms with Crippen LogP contribution >= 0.6 is 11.6 Å². The first-order valence-electron chi connectivity index (χ1n) is 7.65. The van der Waals surface area contributed by atoms with Gasteiger partial charge in [-0.3, -0.25) is 4.79 Å². The van der Waals surface area contributed by atoms with Gasteiger partial charge in [-0.25, -0.2) is 4.79 Å². The Bertz CT molecular complexity index is 692. The minimum absolute atomic E-state index is 0.00701. The highest BCUT2D eigenvalue weighted by Crippen LogP contribution is 2.44. The second kappa shape index (κ2) is 6.74. The third kappa shape index (κ3) is 3.84. The minimum Gasteiger partial charge on any atom is -0.355 e. The molecule has 25 heavy (non-hydrogen) atoms. The fraction of sp³-hybridized carbons (Fsp3) is 0.500. The monoisotopic (exact) mass is 377 g/mol. The van der Waals surface area contributed by atoms with Crippen molar-refractivity contribution < 1.29 is 22.8 Å². The van der Waals surface area contributed by atoms with Gasteiger partial charge < -0.3 is 15.5 Å². The first kappa shape index (κ1) is 19.4. The number of anilines is 1. The summed E-state index contributed by atoms with van der Waals surface area (Å²) in [7, 11) is 1.46. The first-order valence-corrected chi connectivity index (χ1v) is 8.03. The van der Waals surface area contributed by atoms with Crippen LogP contribution in [0.4, 0.5) is 23.7 Å². The molecular weight excluding hydrogens is 359 g/mol. The van der Waals surface area contributed by atoms with E-state index >= 15 is 0 Å². The summed E-state index contributed by atoms with van der Waals surface area (Å²) in [6.07, 6.45) is -4.50. The molecule has 1 heterocycles. The van der Waals surface area contributed by atoms with Crippen molar-refractivity contribution in [3.05, 3.63) is 28.8 Å². The summed E-state index contributed by atoms with van der Waals surface area (Å²) in [5, 5.41) is 5.10. The third-order valence-corrected chi connectivity index (χ3v) is 4.83. The van der Waals surface area contributed by atoms with Crippen molar-refractivity contribution in [2.45, 2.75) is 32.0 Å². The van der Waals surface area contributed by atoms with Gasteiger partial charge >= 0.3 is 12.2 Å². The molecule has 3 amide bonds. The molecule has 0 aromatic heterocycles. The third-order valence-electron chi connectivity index (χ3n) is 4.52. The second-order valence-corrected chi connectivity index (χ2v) is 6.80. The maximum Gasteiger partial charge on any atom is 0.394 e. The number of benzene rings is 1. The van der Waals surface area contributed by atoms with Crippen LogP contribution in [0.25, 0.3) is 0 Å². The van der Waals surface area contributed by atoms with Crippen molar-refractivity contribution in [2.24, 2.45) is 5.92 Å². The van der Waals surface area contributed by atoms with Crippen LogP contribution in [-0.2, 0) is 0 Å². The van der Waals surface area contributed by atoms with Gasteiger partial charge in [-0.1, -0.05) is 11.6 Å². The second-order valence-electron chi connectivity index (χ2n) is 6.39. The Labute approximate surface area is 148 Å². The van der Waals surface area contributed by atoms with Crippen molar-refractivity contribution in [1.82, 2.24) is 10.2 Å². The van der Waals surface area contributed by atoms with Gasteiger partial charge in [-0.2, -0.15) is 13.2 Å². The molecule has 0 saturated carbocycles. The molecule has 1 saturated heterocycles. The Morgan fingerprint density at radius 3 is 2.44 bits per heavy atom. The standard InChI is InChI=1S/C16H19ClF3N3O2/c1-15(2)12(16(18,19)20)6-7-23(15)14(25)22-9-4-5-10(11(17)8-9)13(24)21-3/h4-5,8,12H,6-7H2,1-3H3,(H,21,24)(H,22,25). The van der Waals surface area contributed by atoms with E-state index in [1.807, 2.05) is 0 Å². The van der Waals surface area contributed by atoms with E-state index in [2.05, 4.69) is 10.6 Å². The Balaban J connectivity index is 2.15. The highest BCUT2D eigenvalue weighted by molar-refractivity contribution is 6.34. The molecule has 1 aliphatic rings. The minimum atomic E-state index is -4.36. The van der Waals surface area contributed by atoms with Gasteiger partial charge in [0.05, 0.1) is 22.0 Å². The molecule has 1 aromatic rings. The fourth-order valence-electron chi connectivity index (χ4n) is 3.12. The molecule has 0 bridgehead atoms. The Hall–Kier alpha value is -1.96. The number of rotatable bonds is 2. The Morgan fingerprint density at radius 2 is 1.96 bits per heavy atom. The van der Waals surface area contributed by atoms with E-state index < -0.39 is 23.7 Å². The number of carbonyl (C=O) groups excluding carboxylic acids is 2. The number of carbonyl (C=O) groups is 2. The SMILES string of the molecule is CNC(=O)c1ccc(NC(=O)N2CCC(C(F)(F)F)C2(C)C)cc1Cl. The maximum atomic E-state index is 13.1. The van der Waals surface area contributed by atoms with E-state index in [0.29, 0.717) is 5.69 Å². The van der Waals surface area contributed by atoms with Crippen molar-refractivity contribution in [3.63, 3.8) is 0 Å². The Morgan fingerprint density at radius 1 is 1.32 bits per heavy atom. The molecule has 2 rings (SSSR count). The van der Waals surface area contributed by atoms with Gasteiger partial charge in [0.25, 0.3) is 5.91 Å². The molecule has 0 radical (unpaired) electrons. The molecular formula is C16H19ClF3N3O2. The van der Waals surface area contributed by atoms with Gasteiger partial charge in [0, 0.05) is 19.3 Å². The van der Waals surface area contributed by atoms with Crippen LogP contribution in [0.5, 0.6) is 0 Å². The highest BCUT2D eigenvalue weighted by atomic mass is 35.5. The van der Waals surface area contributed by atoms with Gasteiger partial charge in [0.1, 0.15) is 0 Å². The fourth-order valence-corrected chi connectivity index (χ4v) is 3.38. The lowest BCUT2D eigenvalue weighted by Crippen LogP contribution is -2.51. The molecule has 1 unspecified atom stereocenters. The average molecular weight is 378 g/mol. The number of amides is 3. The molecule has 9 heteroatoms. The lowest BCUT2D eigenvalue weighted by atomic mass is 9.88. The number of nitrogens with one attached hydrogen (secondary N) is 2. The van der Waals surface area contributed by atoms with E-state index in [-0.39, 0.29) is 29.5 Å². The van der Waals surface area contributed by atoms with Gasteiger partial charge in [0.2, 0.25) is 0 Å². The van der Waals surface area contributed by atoms with Crippen molar-refractivity contribution in [3.8, 4) is 0 Å². The summed E-state index contributed by atoms with van der Waals surface area (Å²) in [4.78, 5) is 25.2. The lowest BCUT2D eigenvalue weighted by molar-refractivity contribution is -0.189. The van der Waals surface area contributed by atoms with Gasteiger partial charge in [0.15, 0.2) is 0 Å². The molecule has 1 atom stereocenters. The summed E-state index contributed by atoms with van der Waals surface area (Å²) < 4.78 is 39.3. The molecule has 0 aliphatic carbocycles. The van der Waals surface area contributed by atoms with Crippen LogP contribution in [0.3, 0.4) is 0 Å². The van der Waals surface area contributed by atoms with Crippen LogP contribution < -0.4 is 10.6 Å². The summed E-state index contributed by atoms with van der Waals surface area (Å²) in [5.74, 6) is -1.96. The van der Waals surface area contributed by atoms with E-state index in [1.54, 1.807) is 0 Å². The zero-order valence-corrected chi connectivity index (χ0v) is 14.8. The van der Waals surface area contributed by atoms with E-state index in [0.717, 1.165) is 0 Å². The number of urea groups is 1. The number of hydrogen-bond acceptors (Lipinski definition) is 2. The summed E-state index contributed by atoms with van der Waals surface area (Å²) in [5.41, 5.74) is -0.816. The van der Waals surface area contributed by atoms with E-state index in [9.17, 15) is 22.8 Å². The van der Waals surface area contributed by atoms with Crippen molar-refractivity contribution in [2.75, 3.05) is 18.9 Å². The number of alkyl halides is 3. The normalized spacial score (nSPS) is 19.6. The molecule has 1 aromatic carbocycles. The number of hydrogen-bond donors (Lipinski definition) is 2. The van der Waals surface area contributed by atoms with Crippen molar-refractivity contribution >= 4 is 29.2 Å². The molecule has 1 aliphatic heterocycles. The molecule has 1 fully saturated rings. The van der Waals surface area contributed by atoms with Crippen molar-refractivity contribution in [1.29, 1.82) is 0 Å². The Kier molecular flexibility index (Phi) is 5.22. The van der Waals surface area contributed by atoms with Crippen LogP contribution in [0.15, 0.2) is 18.2 Å². The van der Waals surface area contributed by atoms with Crippen LogP contribution in [0.1, 0.15) is 30.6 Å². The van der Waals surface area contributed by atoms with Crippen LogP contribution in [0.2, 0.25) is 5.02 Å². The topological polar surface area (TPSA) is 61.4 Å². The smallest absolute Gasteiger partial charge is 0.355 e. The van der Waals surface area contributed by atoms with Crippen LogP contribution in [-0.4, -0.2) is 42.1 Å². The quantitative estimate of drug-likeness (QED) is 0.821. The maximum absolute atomic E-state index is 13.1. The molecule has 2 N–H and O–H groups in total. The molecule has 138 valence electrons. The predicted octanol–water partition coefficient (Wildman–Crippen LogP) is 3.89. The molecule has 0 spiro atoms. The van der Waals surface area contributed by atoms with Crippen LogP contribution in [0, 0.1) is 5.92 Å². The summed E-state index contributed by atoms with van der Waals surface area (Å²) in [6.45, 7) is 2.81. The number of halogens is 4. The zero-order valence-electron chi connectivity index (χ0n) is 14.0. The van der Waals surface area contributed by atoms with E-state index in [4.69, 9.17) is 11.6 Å². The predicted molar refractivity (Wildman–Crippen MR) is 88.8 cm³/mol. The van der Waals surface area contributed by atoms with Gasteiger partial charge in [-0.15, -0.1) is 0 Å². The zero-order chi connectivity index (χ0) is 19.0. The average Bonchev–Trinajstić information content (AvgIpc) is 2.81. The largest absolute Gasteiger partial charge is 0.394 e. The lowest BCUT2D eigenvalue weighted by Gasteiger charge is -2.36. The number of likely N-dealkylation sites (tertiary alicyclic amines) is 1. The summed E-state index contributed by atoms with van der Waals surface area (Å²) in [6, 6.07) is 3.65. The van der Waals surface area contributed by atoms with Gasteiger partial charge in [-0.05, 0) is 38.5 Å². The molecule has 5 nitrogen and oxygen atoms in total. The summed E-state index contributed by atoms with van der Waals surface area (Å²) >= 11 is 6.01. The number of nitrogens with zero attached hydrogens (tertiary/aromatic N) is 1. The van der Waals surface area contributed by atoms with E-state index in [1.165, 1.54) is 44.0 Å². The first-order chi connectivity index (χ1) is 11.5.